The molecule has 118 valence electrons. The molecule has 2 heterocycles. The second-order valence-corrected chi connectivity index (χ2v) is 5.81. The molecule has 0 spiro atoms. The molecule has 3 rings (SSSR count). The summed E-state index contributed by atoms with van der Waals surface area (Å²) >= 11 is 12.0. The Morgan fingerprint density at radius 2 is 2.13 bits per heavy atom. The fourth-order valence-corrected chi connectivity index (χ4v) is 2.45. The number of aromatic nitrogens is 4. The van der Waals surface area contributed by atoms with E-state index in [1.807, 2.05) is 0 Å². The maximum atomic E-state index is 11.3. The number of aromatic carboxylic acids is 1. The third-order valence-electron chi connectivity index (χ3n) is 3.21. The number of carboxylic acid groups (broad SMARTS) is 1. The molecule has 0 aliphatic carbocycles. The molecule has 2 aromatic heterocycles. The Labute approximate surface area is 140 Å². The molecule has 7 nitrogen and oxygen atoms in total. The van der Waals surface area contributed by atoms with Crippen molar-refractivity contribution in [3.05, 3.63) is 41.4 Å². The summed E-state index contributed by atoms with van der Waals surface area (Å²) in [4.78, 5) is 23.9. The molecule has 1 aromatic carbocycles. The second kappa shape index (κ2) is 6.02. The fraction of sp³-hybridized carbons (Fsp3) is 0.143. The molecule has 23 heavy (non-hydrogen) atoms. The van der Waals surface area contributed by atoms with Gasteiger partial charge >= 0.3 is 5.97 Å². The molecule has 0 radical (unpaired) electrons. The molecular formula is C14H11Cl2N5O2. The van der Waals surface area contributed by atoms with Gasteiger partial charge < -0.3 is 10.4 Å². The van der Waals surface area contributed by atoms with E-state index < -0.39 is 5.97 Å². The monoisotopic (exact) mass is 351 g/mol. The van der Waals surface area contributed by atoms with Crippen LogP contribution in [-0.4, -0.2) is 30.6 Å². The number of benzene rings is 1. The van der Waals surface area contributed by atoms with Gasteiger partial charge in [-0.05, 0) is 25.1 Å². The summed E-state index contributed by atoms with van der Waals surface area (Å²) in [6.07, 6.45) is 2.91. The third-order valence-corrected chi connectivity index (χ3v) is 3.65. The van der Waals surface area contributed by atoms with Crippen LogP contribution in [0.1, 0.15) is 22.8 Å². The summed E-state index contributed by atoms with van der Waals surface area (Å²) in [6, 6.07) is 4.45. The summed E-state index contributed by atoms with van der Waals surface area (Å²) in [5, 5.41) is 12.6. The lowest BCUT2D eigenvalue weighted by Gasteiger charge is -2.10. The quantitative estimate of drug-likeness (QED) is 0.696. The summed E-state index contributed by atoms with van der Waals surface area (Å²) in [5.74, 6) is -0.704. The topological polar surface area (TPSA) is 92.9 Å². The number of carbonyl (C=O) groups is 1. The Morgan fingerprint density at radius 1 is 1.35 bits per heavy atom. The van der Waals surface area contributed by atoms with Crippen LogP contribution in [0.2, 0.25) is 5.02 Å². The van der Waals surface area contributed by atoms with Crippen molar-refractivity contribution >= 4 is 51.8 Å². The van der Waals surface area contributed by atoms with Crippen molar-refractivity contribution in [3.63, 3.8) is 0 Å². The molecule has 1 unspecified atom stereocenters. The van der Waals surface area contributed by atoms with E-state index in [-0.39, 0.29) is 11.1 Å². The van der Waals surface area contributed by atoms with E-state index in [0.29, 0.717) is 27.7 Å². The standard InChI is InChI=1S/C14H11Cl2N5O2/c1-7(15)21-6-19-11-12(17-5-18-13(11)21)20-10-4-8(16)2-3-9(10)14(22)23/h2-7H,1H3,(H,22,23)(H,17,18,20). The van der Waals surface area contributed by atoms with Crippen LogP contribution in [0.25, 0.3) is 11.2 Å². The van der Waals surface area contributed by atoms with E-state index >= 15 is 0 Å². The highest BCUT2D eigenvalue weighted by molar-refractivity contribution is 6.31. The largest absolute Gasteiger partial charge is 0.478 e. The van der Waals surface area contributed by atoms with Crippen molar-refractivity contribution in [2.75, 3.05) is 5.32 Å². The Hall–Kier alpha value is -2.38. The van der Waals surface area contributed by atoms with E-state index in [1.165, 1.54) is 24.5 Å². The highest BCUT2D eigenvalue weighted by Gasteiger charge is 2.16. The molecule has 1 atom stereocenters. The van der Waals surface area contributed by atoms with Crippen LogP contribution in [-0.2, 0) is 0 Å². The van der Waals surface area contributed by atoms with Gasteiger partial charge in [-0.15, -0.1) is 0 Å². The van der Waals surface area contributed by atoms with Crippen LogP contribution in [0, 0.1) is 0 Å². The van der Waals surface area contributed by atoms with Crippen LogP contribution >= 0.6 is 23.2 Å². The molecule has 0 saturated heterocycles. The minimum absolute atomic E-state index is 0.0753. The lowest BCUT2D eigenvalue weighted by atomic mass is 10.2. The van der Waals surface area contributed by atoms with E-state index in [1.54, 1.807) is 17.8 Å². The van der Waals surface area contributed by atoms with Crippen LogP contribution < -0.4 is 5.32 Å². The van der Waals surface area contributed by atoms with E-state index in [9.17, 15) is 9.90 Å². The number of nitrogens with zero attached hydrogens (tertiary/aromatic N) is 4. The number of nitrogens with one attached hydrogen (secondary N) is 1. The van der Waals surface area contributed by atoms with E-state index in [0.717, 1.165) is 0 Å². The number of fused-ring (bicyclic) bond motifs is 1. The Kier molecular flexibility index (Phi) is 4.06. The first kappa shape index (κ1) is 15.5. The minimum atomic E-state index is -1.07. The number of imidazole rings is 1. The second-order valence-electron chi connectivity index (χ2n) is 4.74. The van der Waals surface area contributed by atoms with Gasteiger partial charge in [0.15, 0.2) is 17.0 Å². The smallest absolute Gasteiger partial charge is 0.337 e. The first-order chi connectivity index (χ1) is 11.0. The van der Waals surface area contributed by atoms with E-state index in [4.69, 9.17) is 23.2 Å². The van der Waals surface area contributed by atoms with Crippen LogP contribution in [0.4, 0.5) is 11.5 Å². The van der Waals surface area contributed by atoms with E-state index in [2.05, 4.69) is 20.3 Å². The SMILES string of the molecule is CC(Cl)n1cnc2c(Nc3cc(Cl)ccc3C(=O)O)ncnc21. The molecule has 0 amide bonds. The van der Waals surface area contributed by atoms with Crippen molar-refractivity contribution in [1.82, 2.24) is 19.5 Å². The number of rotatable bonds is 4. The fourth-order valence-electron chi connectivity index (χ4n) is 2.14. The highest BCUT2D eigenvalue weighted by atomic mass is 35.5. The normalized spacial score (nSPS) is 12.3. The first-order valence-electron chi connectivity index (χ1n) is 6.59. The van der Waals surface area contributed by atoms with Crippen molar-refractivity contribution in [1.29, 1.82) is 0 Å². The number of anilines is 2. The lowest BCUT2D eigenvalue weighted by Crippen LogP contribution is -2.04. The molecular weight excluding hydrogens is 341 g/mol. The Bertz CT molecular complexity index is 894. The summed E-state index contributed by atoms with van der Waals surface area (Å²) < 4.78 is 1.68. The average molecular weight is 352 g/mol. The number of halogens is 2. The Balaban J connectivity index is 2.09. The predicted octanol–water partition coefficient (Wildman–Crippen LogP) is 3.68. The predicted molar refractivity (Wildman–Crippen MR) is 87.6 cm³/mol. The number of hydrogen-bond donors (Lipinski definition) is 2. The van der Waals surface area contributed by atoms with Gasteiger partial charge in [-0.25, -0.2) is 19.7 Å². The molecule has 3 aromatic rings. The van der Waals surface area contributed by atoms with Crippen molar-refractivity contribution in [3.8, 4) is 0 Å². The molecule has 2 N–H and O–H groups in total. The van der Waals surface area contributed by atoms with Crippen molar-refractivity contribution < 1.29 is 9.90 Å². The summed E-state index contributed by atoms with van der Waals surface area (Å²) in [5.41, 5.74) is 1.09. The zero-order chi connectivity index (χ0) is 16.6. The first-order valence-corrected chi connectivity index (χ1v) is 7.40. The average Bonchev–Trinajstić information content (AvgIpc) is 2.92. The summed E-state index contributed by atoms with van der Waals surface area (Å²) in [6.45, 7) is 1.79. The van der Waals surface area contributed by atoms with Gasteiger partial charge in [-0.1, -0.05) is 23.2 Å². The van der Waals surface area contributed by atoms with Crippen LogP contribution in [0.15, 0.2) is 30.9 Å². The lowest BCUT2D eigenvalue weighted by molar-refractivity contribution is 0.0698. The van der Waals surface area contributed by atoms with Crippen molar-refractivity contribution in [2.45, 2.75) is 12.4 Å². The van der Waals surface area contributed by atoms with Crippen molar-refractivity contribution in [2.24, 2.45) is 0 Å². The molecule has 0 bridgehead atoms. The maximum absolute atomic E-state index is 11.3. The van der Waals surface area contributed by atoms with Gasteiger partial charge in [0.25, 0.3) is 0 Å². The zero-order valence-electron chi connectivity index (χ0n) is 11.9. The van der Waals surface area contributed by atoms with Gasteiger partial charge in [-0.2, -0.15) is 0 Å². The van der Waals surface area contributed by atoms with Gasteiger partial charge in [0.05, 0.1) is 17.6 Å². The van der Waals surface area contributed by atoms with Gasteiger partial charge in [0, 0.05) is 5.02 Å². The molecule has 0 saturated carbocycles. The van der Waals surface area contributed by atoms with Gasteiger partial charge in [-0.3, -0.25) is 4.57 Å². The number of hydrogen-bond acceptors (Lipinski definition) is 5. The third kappa shape index (κ3) is 2.93. The minimum Gasteiger partial charge on any atom is -0.478 e. The molecule has 9 heteroatoms. The zero-order valence-corrected chi connectivity index (χ0v) is 13.4. The van der Waals surface area contributed by atoms with Gasteiger partial charge in [0.1, 0.15) is 11.8 Å². The summed E-state index contributed by atoms with van der Waals surface area (Å²) in [7, 11) is 0. The Morgan fingerprint density at radius 3 is 2.83 bits per heavy atom. The van der Waals surface area contributed by atoms with Crippen LogP contribution in [0.3, 0.4) is 0 Å². The van der Waals surface area contributed by atoms with Crippen LogP contribution in [0.5, 0.6) is 0 Å². The molecule has 0 fully saturated rings. The molecule has 0 aliphatic heterocycles. The molecule has 0 aliphatic rings. The number of carboxylic acids is 1. The number of alkyl halides is 1. The van der Waals surface area contributed by atoms with Gasteiger partial charge in [0.2, 0.25) is 0 Å². The maximum Gasteiger partial charge on any atom is 0.337 e. The highest BCUT2D eigenvalue weighted by Crippen LogP contribution is 2.28.